The first-order valence-electron chi connectivity index (χ1n) is 13.6. The molecule has 2 aliphatic rings. The first-order chi connectivity index (χ1) is 18.8. The van der Waals surface area contributed by atoms with Crippen molar-refractivity contribution < 1.29 is 19.1 Å². The standard InChI is InChI=1S/C33H37FN2O3.ClH/c1-3-6-26(17-22(2)32(35)37)29-8-4-7-27-19-28(33(38)39)13-14-30(27)31(29)25-11-9-23(10-12-25)18-24-20-36(21-24)16-5-15-34;/h3,6,9-14,17,19,24H,1,4-5,7-8,15-16,18,20-21H2,2H3,(H2,35,37)(H,38,39);1H/b22-17+,26-6+;. The normalized spacial score (nSPS) is 16.4. The van der Waals surface area contributed by atoms with E-state index in [4.69, 9.17) is 5.73 Å². The van der Waals surface area contributed by atoms with Gasteiger partial charge in [-0.3, -0.25) is 9.18 Å². The van der Waals surface area contributed by atoms with Crippen molar-refractivity contribution in [2.45, 2.75) is 39.0 Å². The Bertz CT molecular complexity index is 1340. The van der Waals surface area contributed by atoms with E-state index in [0.29, 0.717) is 17.9 Å². The largest absolute Gasteiger partial charge is 0.478 e. The van der Waals surface area contributed by atoms with Crippen molar-refractivity contribution in [3.8, 4) is 0 Å². The molecule has 0 spiro atoms. The summed E-state index contributed by atoms with van der Waals surface area (Å²) in [5, 5.41) is 9.58. The molecule has 2 aromatic rings. The van der Waals surface area contributed by atoms with Crippen molar-refractivity contribution in [3.63, 3.8) is 0 Å². The fourth-order valence-electron chi connectivity index (χ4n) is 5.62. The molecule has 40 heavy (non-hydrogen) atoms. The van der Waals surface area contributed by atoms with E-state index in [-0.39, 0.29) is 24.6 Å². The van der Waals surface area contributed by atoms with Crippen LogP contribution in [0.15, 0.2) is 84.0 Å². The second kappa shape index (κ2) is 14.2. The van der Waals surface area contributed by atoms with E-state index in [1.54, 1.807) is 25.1 Å². The Kier molecular flexibility index (Phi) is 11.1. The van der Waals surface area contributed by atoms with Gasteiger partial charge < -0.3 is 15.7 Å². The number of carboxylic acid groups (broad SMARTS) is 1. The van der Waals surface area contributed by atoms with Gasteiger partial charge in [0.2, 0.25) is 5.91 Å². The minimum Gasteiger partial charge on any atom is -0.478 e. The lowest BCUT2D eigenvalue weighted by molar-refractivity contribution is -0.114. The molecule has 1 amide bonds. The van der Waals surface area contributed by atoms with Crippen LogP contribution < -0.4 is 5.73 Å². The Morgan fingerprint density at radius 1 is 1.15 bits per heavy atom. The lowest BCUT2D eigenvalue weighted by Crippen LogP contribution is -2.47. The number of rotatable bonds is 11. The number of carbonyl (C=O) groups excluding carboxylic acids is 1. The number of halogens is 2. The van der Waals surface area contributed by atoms with E-state index in [0.717, 1.165) is 78.7 Å². The number of primary amides is 1. The van der Waals surface area contributed by atoms with Crippen molar-refractivity contribution in [1.82, 2.24) is 4.90 Å². The summed E-state index contributed by atoms with van der Waals surface area (Å²) in [6.07, 6.45) is 9.36. The van der Waals surface area contributed by atoms with Crippen LogP contribution >= 0.6 is 12.4 Å². The third kappa shape index (κ3) is 7.38. The molecule has 212 valence electrons. The molecule has 0 atom stereocenters. The molecule has 3 N–H and O–H groups in total. The Hall–Kier alpha value is -3.48. The van der Waals surface area contributed by atoms with Gasteiger partial charge in [-0.25, -0.2) is 4.79 Å². The Morgan fingerprint density at radius 3 is 2.50 bits per heavy atom. The van der Waals surface area contributed by atoms with Gasteiger partial charge in [-0.2, -0.15) is 0 Å². The van der Waals surface area contributed by atoms with Gasteiger partial charge in [0.05, 0.1) is 12.2 Å². The highest BCUT2D eigenvalue weighted by Gasteiger charge is 2.26. The number of fused-ring (bicyclic) bond motifs is 1. The summed E-state index contributed by atoms with van der Waals surface area (Å²) in [5.74, 6) is -0.832. The smallest absolute Gasteiger partial charge is 0.335 e. The molecule has 7 heteroatoms. The summed E-state index contributed by atoms with van der Waals surface area (Å²) in [6.45, 7) is 8.18. The maximum Gasteiger partial charge on any atom is 0.335 e. The lowest BCUT2D eigenvalue weighted by Gasteiger charge is -2.39. The second-order valence-corrected chi connectivity index (χ2v) is 10.5. The van der Waals surface area contributed by atoms with Gasteiger partial charge in [0.1, 0.15) is 0 Å². The monoisotopic (exact) mass is 564 g/mol. The summed E-state index contributed by atoms with van der Waals surface area (Å²) in [6, 6.07) is 14.0. The number of alkyl halides is 1. The molecule has 4 rings (SSSR count). The molecule has 5 nitrogen and oxygen atoms in total. The SMILES string of the molecule is C=C/C=C(\C=C(/C)C(N)=O)C1=C(c2ccc(CC3CN(CCCF)C3)cc2)c2ccc(C(=O)O)cc2CCC1.Cl. The number of amides is 1. The number of likely N-dealkylation sites (tertiary alicyclic amines) is 1. The Balaban J connectivity index is 0.00000441. The number of aryl methyl sites for hydroxylation is 1. The third-order valence-electron chi connectivity index (χ3n) is 7.61. The number of carbonyl (C=O) groups is 2. The second-order valence-electron chi connectivity index (χ2n) is 10.5. The molecule has 1 heterocycles. The zero-order valence-corrected chi connectivity index (χ0v) is 23.8. The molecule has 0 unspecified atom stereocenters. The third-order valence-corrected chi connectivity index (χ3v) is 7.61. The first kappa shape index (κ1) is 31.1. The maximum atomic E-state index is 12.5. The molecule has 1 fully saturated rings. The van der Waals surface area contributed by atoms with Crippen LogP contribution in [-0.4, -0.2) is 48.2 Å². The predicted molar refractivity (Wildman–Crippen MR) is 162 cm³/mol. The van der Waals surface area contributed by atoms with Gasteiger partial charge in [-0.05, 0) is 102 Å². The van der Waals surface area contributed by atoms with Crippen molar-refractivity contribution >= 4 is 29.9 Å². The van der Waals surface area contributed by atoms with Gasteiger partial charge in [0.15, 0.2) is 0 Å². The first-order valence-corrected chi connectivity index (χ1v) is 13.6. The van der Waals surface area contributed by atoms with Crippen LogP contribution in [0.25, 0.3) is 5.57 Å². The van der Waals surface area contributed by atoms with Crippen molar-refractivity contribution in [1.29, 1.82) is 0 Å². The fourth-order valence-corrected chi connectivity index (χ4v) is 5.62. The Morgan fingerprint density at radius 2 is 1.88 bits per heavy atom. The van der Waals surface area contributed by atoms with E-state index in [1.165, 1.54) is 5.56 Å². The zero-order chi connectivity index (χ0) is 27.9. The maximum absolute atomic E-state index is 12.5. The number of hydrogen-bond acceptors (Lipinski definition) is 3. The summed E-state index contributed by atoms with van der Waals surface area (Å²) in [5.41, 5.74) is 13.6. The predicted octanol–water partition coefficient (Wildman–Crippen LogP) is 6.32. The van der Waals surface area contributed by atoms with Crippen LogP contribution in [0.4, 0.5) is 4.39 Å². The van der Waals surface area contributed by atoms with Gasteiger partial charge >= 0.3 is 5.97 Å². The molecule has 1 saturated heterocycles. The van der Waals surface area contributed by atoms with Gasteiger partial charge in [0, 0.05) is 25.2 Å². The van der Waals surface area contributed by atoms with Crippen molar-refractivity contribution in [2.75, 3.05) is 26.3 Å². The quantitative estimate of drug-likeness (QED) is 0.247. The van der Waals surface area contributed by atoms with Crippen LogP contribution in [0.5, 0.6) is 0 Å². The van der Waals surface area contributed by atoms with Gasteiger partial charge in [-0.1, -0.05) is 49.1 Å². The van der Waals surface area contributed by atoms with Crippen LogP contribution in [0.1, 0.15) is 58.8 Å². The number of aromatic carboxylic acids is 1. The van der Waals surface area contributed by atoms with E-state index in [9.17, 15) is 19.1 Å². The van der Waals surface area contributed by atoms with Crippen molar-refractivity contribution in [2.24, 2.45) is 11.7 Å². The van der Waals surface area contributed by atoms with E-state index in [1.807, 2.05) is 18.2 Å². The molecule has 0 saturated carbocycles. The van der Waals surface area contributed by atoms with Crippen LogP contribution in [0.3, 0.4) is 0 Å². The number of nitrogens with zero attached hydrogens (tertiary/aromatic N) is 1. The summed E-state index contributed by atoms with van der Waals surface area (Å²) in [7, 11) is 0. The average Bonchev–Trinajstić information content (AvgIpc) is 3.09. The molecule has 1 aliphatic heterocycles. The number of allylic oxidation sites excluding steroid dienone is 5. The average molecular weight is 565 g/mol. The summed E-state index contributed by atoms with van der Waals surface area (Å²) < 4.78 is 12.5. The summed E-state index contributed by atoms with van der Waals surface area (Å²) in [4.78, 5) is 25.9. The van der Waals surface area contributed by atoms with Crippen LogP contribution in [-0.2, 0) is 17.6 Å². The van der Waals surface area contributed by atoms with Gasteiger partial charge in [-0.15, -0.1) is 12.4 Å². The van der Waals surface area contributed by atoms with Crippen molar-refractivity contribution in [3.05, 3.63) is 112 Å². The molecule has 0 aromatic heterocycles. The molecular formula is C33H38ClFN2O3. The molecule has 0 radical (unpaired) electrons. The van der Waals surface area contributed by atoms with E-state index in [2.05, 4.69) is 35.7 Å². The highest BCUT2D eigenvalue weighted by molar-refractivity contribution is 5.94. The Labute approximate surface area is 242 Å². The lowest BCUT2D eigenvalue weighted by atomic mass is 9.85. The fraction of sp³-hybridized carbons (Fsp3) is 0.333. The van der Waals surface area contributed by atoms with E-state index < -0.39 is 11.9 Å². The number of hydrogen-bond donors (Lipinski definition) is 2. The summed E-state index contributed by atoms with van der Waals surface area (Å²) >= 11 is 0. The highest BCUT2D eigenvalue weighted by Crippen LogP contribution is 2.39. The van der Waals surface area contributed by atoms with Crippen LogP contribution in [0, 0.1) is 5.92 Å². The molecular weight excluding hydrogens is 527 g/mol. The number of benzene rings is 2. The topological polar surface area (TPSA) is 83.6 Å². The number of nitrogens with two attached hydrogens (primary N) is 1. The van der Waals surface area contributed by atoms with E-state index >= 15 is 0 Å². The zero-order valence-electron chi connectivity index (χ0n) is 23.0. The minimum absolute atomic E-state index is 0. The minimum atomic E-state index is -0.941. The molecule has 1 aliphatic carbocycles. The molecule has 0 bridgehead atoms. The molecule has 2 aromatic carbocycles. The van der Waals surface area contributed by atoms with Gasteiger partial charge in [0.25, 0.3) is 0 Å². The van der Waals surface area contributed by atoms with Crippen LogP contribution in [0.2, 0.25) is 0 Å². The number of carboxylic acids is 1. The highest BCUT2D eigenvalue weighted by atomic mass is 35.5.